The lowest BCUT2D eigenvalue weighted by molar-refractivity contribution is 0.0685. The zero-order chi connectivity index (χ0) is 11.9. The third kappa shape index (κ3) is 1.83. The van der Waals surface area contributed by atoms with Crippen molar-refractivity contribution in [1.82, 2.24) is 9.29 Å². The van der Waals surface area contributed by atoms with Crippen LogP contribution in [0.15, 0.2) is 17.2 Å². The van der Waals surface area contributed by atoms with E-state index in [4.69, 9.17) is 5.11 Å². The number of aromatic carboxylic acids is 1. The quantitative estimate of drug-likeness (QED) is 0.803. The predicted octanol–water partition coefficient (Wildman–Crippen LogP) is 0.429. The fraction of sp³-hybridized carbons (Fsp3) is 0.444. The summed E-state index contributed by atoms with van der Waals surface area (Å²) in [6, 6.07) is 1.32. The second kappa shape index (κ2) is 3.60. The summed E-state index contributed by atoms with van der Waals surface area (Å²) in [6.45, 7) is 0. The van der Waals surface area contributed by atoms with E-state index < -0.39 is 16.0 Å². The summed E-state index contributed by atoms with van der Waals surface area (Å²) in [5.41, 5.74) is 0.0244. The fourth-order valence-electron chi connectivity index (χ4n) is 1.54. The molecule has 1 aromatic heterocycles. The van der Waals surface area contributed by atoms with Gasteiger partial charge in [0.25, 0.3) is 0 Å². The standard InChI is InChI=1S/C9H12N2O4S/c1-10-16(14,15)7-4-8(9(12)13)11(5-7)6-2-3-6/h4-6,10H,2-3H2,1H3,(H,12,13). The molecule has 1 fully saturated rings. The molecule has 0 spiro atoms. The molecule has 1 heterocycles. The van der Waals surface area contributed by atoms with Gasteiger partial charge in [-0.3, -0.25) is 0 Å². The van der Waals surface area contributed by atoms with Crippen LogP contribution >= 0.6 is 0 Å². The molecule has 2 rings (SSSR count). The first-order valence-electron chi connectivity index (χ1n) is 4.84. The Morgan fingerprint density at radius 1 is 1.56 bits per heavy atom. The summed E-state index contributed by atoms with van der Waals surface area (Å²) in [4.78, 5) is 10.9. The van der Waals surface area contributed by atoms with Crippen molar-refractivity contribution in [1.29, 1.82) is 0 Å². The van der Waals surface area contributed by atoms with Crippen molar-refractivity contribution in [3.8, 4) is 0 Å². The molecule has 0 radical (unpaired) electrons. The maximum atomic E-state index is 11.5. The Hall–Kier alpha value is -1.34. The molecule has 0 atom stereocenters. The van der Waals surface area contributed by atoms with E-state index in [2.05, 4.69) is 4.72 Å². The largest absolute Gasteiger partial charge is 0.477 e. The van der Waals surface area contributed by atoms with Crippen molar-refractivity contribution in [3.63, 3.8) is 0 Å². The highest BCUT2D eigenvalue weighted by molar-refractivity contribution is 7.89. The van der Waals surface area contributed by atoms with Crippen molar-refractivity contribution >= 4 is 16.0 Å². The molecule has 0 amide bonds. The summed E-state index contributed by atoms with van der Waals surface area (Å²) in [6.07, 6.45) is 3.18. The predicted molar refractivity (Wildman–Crippen MR) is 55.9 cm³/mol. The lowest BCUT2D eigenvalue weighted by Gasteiger charge is -2.01. The van der Waals surface area contributed by atoms with Crippen molar-refractivity contribution in [2.45, 2.75) is 23.8 Å². The minimum absolute atomic E-state index is 0.000648. The first-order valence-corrected chi connectivity index (χ1v) is 6.33. The SMILES string of the molecule is CNS(=O)(=O)c1cc(C(=O)O)n(C2CC2)c1. The van der Waals surface area contributed by atoms with Crippen LogP contribution in [-0.4, -0.2) is 31.1 Å². The summed E-state index contributed by atoms with van der Waals surface area (Å²) < 4.78 is 26.7. The molecular formula is C9H12N2O4S. The molecule has 16 heavy (non-hydrogen) atoms. The summed E-state index contributed by atoms with van der Waals surface area (Å²) >= 11 is 0. The average molecular weight is 244 g/mol. The summed E-state index contributed by atoms with van der Waals surface area (Å²) in [5.74, 6) is -1.11. The van der Waals surface area contributed by atoms with Gasteiger partial charge >= 0.3 is 5.97 Å². The van der Waals surface area contributed by atoms with Gasteiger partial charge < -0.3 is 9.67 Å². The highest BCUT2D eigenvalue weighted by atomic mass is 32.2. The van der Waals surface area contributed by atoms with Gasteiger partial charge in [0, 0.05) is 12.2 Å². The van der Waals surface area contributed by atoms with Gasteiger partial charge in [-0.25, -0.2) is 17.9 Å². The van der Waals surface area contributed by atoms with E-state index in [1.54, 1.807) is 0 Å². The van der Waals surface area contributed by atoms with Crippen LogP contribution < -0.4 is 4.72 Å². The Balaban J connectivity index is 2.50. The van der Waals surface area contributed by atoms with Crippen molar-refractivity contribution in [2.75, 3.05) is 7.05 Å². The molecule has 0 saturated heterocycles. The molecule has 6 nitrogen and oxygen atoms in total. The molecule has 0 unspecified atom stereocenters. The minimum atomic E-state index is -3.57. The Labute approximate surface area is 92.9 Å². The van der Waals surface area contributed by atoms with Crippen molar-refractivity contribution < 1.29 is 18.3 Å². The molecule has 1 aliphatic carbocycles. The lowest BCUT2D eigenvalue weighted by Crippen LogP contribution is -2.17. The number of rotatable bonds is 4. The van der Waals surface area contributed by atoms with Gasteiger partial charge in [0.1, 0.15) is 10.6 Å². The van der Waals surface area contributed by atoms with Crippen LogP contribution in [0.2, 0.25) is 0 Å². The Bertz CT molecular complexity index is 528. The lowest BCUT2D eigenvalue weighted by atomic mass is 10.4. The van der Waals surface area contributed by atoms with Crippen LogP contribution in [0.5, 0.6) is 0 Å². The zero-order valence-electron chi connectivity index (χ0n) is 8.67. The second-order valence-electron chi connectivity index (χ2n) is 3.71. The smallest absolute Gasteiger partial charge is 0.352 e. The number of nitrogens with zero attached hydrogens (tertiary/aromatic N) is 1. The number of carboxylic acid groups (broad SMARTS) is 1. The summed E-state index contributed by atoms with van der Waals surface area (Å²) in [5, 5.41) is 8.96. The van der Waals surface area contributed by atoms with Gasteiger partial charge in [0.15, 0.2) is 0 Å². The van der Waals surface area contributed by atoms with Crippen LogP contribution in [0.25, 0.3) is 0 Å². The van der Waals surface area contributed by atoms with Gasteiger partial charge in [-0.05, 0) is 26.0 Å². The Morgan fingerprint density at radius 3 is 2.62 bits per heavy atom. The topological polar surface area (TPSA) is 88.4 Å². The van der Waals surface area contributed by atoms with Crippen LogP contribution in [0.4, 0.5) is 0 Å². The highest BCUT2D eigenvalue weighted by Gasteiger charge is 2.29. The monoisotopic (exact) mass is 244 g/mol. The van der Waals surface area contributed by atoms with E-state index in [1.165, 1.54) is 23.9 Å². The van der Waals surface area contributed by atoms with E-state index in [0.29, 0.717) is 0 Å². The first kappa shape index (κ1) is 11.2. The fourth-order valence-corrected chi connectivity index (χ4v) is 2.30. The molecule has 1 saturated carbocycles. The third-order valence-electron chi connectivity index (χ3n) is 2.56. The number of sulfonamides is 1. The molecule has 88 valence electrons. The number of carbonyl (C=O) groups is 1. The molecule has 1 aliphatic rings. The van der Waals surface area contributed by atoms with E-state index >= 15 is 0 Å². The number of hydrogen-bond donors (Lipinski definition) is 2. The van der Waals surface area contributed by atoms with E-state index in [9.17, 15) is 13.2 Å². The van der Waals surface area contributed by atoms with Gasteiger partial charge in [-0.2, -0.15) is 0 Å². The third-order valence-corrected chi connectivity index (χ3v) is 3.94. The molecule has 7 heteroatoms. The number of nitrogens with one attached hydrogen (secondary N) is 1. The van der Waals surface area contributed by atoms with Gasteiger partial charge in [-0.15, -0.1) is 0 Å². The van der Waals surface area contributed by atoms with Gasteiger partial charge in [-0.1, -0.05) is 0 Å². The minimum Gasteiger partial charge on any atom is -0.477 e. The molecule has 0 aliphatic heterocycles. The maximum Gasteiger partial charge on any atom is 0.352 e. The zero-order valence-corrected chi connectivity index (χ0v) is 9.49. The second-order valence-corrected chi connectivity index (χ2v) is 5.60. The van der Waals surface area contributed by atoms with Crippen LogP contribution in [0.1, 0.15) is 29.4 Å². The molecular weight excluding hydrogens is 232 g/mol. The van der Waals surface area contributed by atoms with E-state index in [1.807, 2.05) is 0 Å². The maximum absolute atomic E-state index is 11.5. The molecule has 1 aromatic rings. The number of aromatic nitrogens is 1. The molecule has 0 aromatic carbocycles. The van der Waals surface area contributed by atoms with E-state index in [0.717, 1.165) is 12.8 Å². The number of hydrogen-bond acceptors (Lipinski definition) is 3. The van der Waals surface area contributed by atoms with Crippen LogP contribution in [0.3, 0.4) is 0 Å². The Kier molecular flexibility index (Phi) is 2.51. The Morgan fingerprint density at radius 2 is 2.19 bits per heavy atom. The van der Waals surface area contributed by atoms with Crippen LogP contribution in [-0.2, 0) is 10.0 Å². The first-order chi connectivity index (χ1) is 7.45. The average Bonchev–Trinajstić information content (AvgIpc) is 2.96. The molecule has 2 N–H and O–H groups in total. The number of carboxylic acids is 1. The molecule has 0 bridgehead atoms. The van der Waals surface area contributed by atoms with Gasteiger partial charge in [0.05, 0.1) is 0 Å². The van der Waals surface area contributed by atoms with Crippen molar-refractivity contribution in [2.24, 2.45) is 0 Å². The van der Waals surface area contributed by atoms with E-state index in [-0.39, 0.29) is 16.6 Å². The highest BCUT2D eigenvalue weighted by Crippen LogP contribution is 2.37. The summed E-state index contributed by atoms with van der Waals surface area (Å²) in [7, 11) is -2.28. The van der Waals surface area contributed by atoms with Gasteiger partial charge in [0.2, 0.25) is 10.0 Å². The normalized spacial score (nSPS) is 16.3. The van der Waals surface area contributed by atoms with Crippen LogP contribution in [0, 0.1) is 0 Å². The van der Waals surface area contributed by atoms with Crippen molar-refractivity contribution in [3.05, 3.63) is 18.0 Å².